The Morgan fingerprint density at radius 3 is 2.25 bits per heavy atom. The zero-order chi connectivity index (χ0) is 20.1. The van der Waals surface area contributed by atoms with Gasteiger partial charge in [0.2, 0.25) is 0 Å². The van der Waals surface area contributed by atoms with Gasteiger partial charge in [-0.25, -0.2) is 14.8 Å². The Hall–Kier alpha value is -3.24. The lowest BCUT2D eigenvalue weighted by atomic mass is 9.95. The van der Waals surface area contributed by atoms with Gasteiger partial charge in [0.1, 0.15) is 0 Å². The molecular weight excluding hydrogens is 372 g/mol. The number of hydrogen-bond acceptors (Lipinski definition) is 3. The Bertz CT molecular complexity index is 1040. The molecule has 5 heteroatoms. The summed E-state index contributed by atoms with van der Waals surface area (Å²) in [6.07, 6.45) is 8.45. The lowest BCUT2D eigenvalue weighted by molar-refractivity contribution is 0.0698. The first-order chi connectivity index (χ1) is 13.5. The maximum atomic E-state index is 11.7. The van der Waals surface area contributed by atoms with Crippen molar-refractivity contribution in [3.05, 3.63) is 95.8 Å². The van der Waals surface area contributed by atoms with E-state index in [0.717, 1.165) is 16.7 Å². The molecule has 0 unspecified atom stereocenters. The van der Waals surface area contributed by atoms with Crippen molar-refractivity contribution in [3.63, 3.8) is 0 Å². The lowest BCUT2D eigenvalue weighted by Gasteiger charge is -2.12. The fraction of sp³-hybridized carbons (Fsp3) is 0.0870. The fourth-order valence-corrected chi connectivity index (χ4v) is 3.24. The highest BCUT2D eigenvalue weighted by molar-refractivity contribution is 6.33. The van der Waals surface area contributed by atoms with E-state index in [9.17, 15) is 9.90 Å². The summed E-state index contributed by atoms with van der Waals surface area (Å²) in [4.78, 5) is 20.5. The normalized spacial score (nSPS) is 10.5. The standard InChI is InChI=1S/C23H19ClN2O2/c1-3-5-15-7-9-18(21(24)11-15)20-12-17(8-10-19(20)23(27)28)22-25-13-16(6-4-2)14-26-22/h3-4,7-14H,1-2,5-6H2,(H,27,28). The Balaban J connectivity index is 2.09. The van der Waals surface area contributed by atoms with Crippen LogP contribution in [0.1, 0.15) is 21.5 Å². The topological polar surface area (TPSA) is 63.1 Å². The molecule has 0 aliphatic heterocycles. The van der Waals surface area contributed by atoms with Crippen LogP contribution >= 0.6 is 11.6 Å². The van der Waals surface area contributed by atoms with E-state index in [4.69, 9.17) is 11.6 Å². The third-order valence-electron chi connectivity index (χ3n) is 4.30. The first-order valence-electron chi connectivity index (χ1n) is 8.72. The van der Waals surface area contributed by atoms with Crippen LogP contribution in [0.2, 0.25) is 5.02 Å². The van der Waals surface area contributed by atoms with E-state index in [1.807, 2.05) is 18.2 Å². The van der Waals surface area contributed by atoms with Crippen molar-refractivity contribution < 1.29 is 9.90 Å². The Morgan fingerprint density at radius 1 is 0.964 bits per heavy atom. The molecule has 0 aliphatic carbocycles. The summed E-state index contributed by atoms with van der Waals surface area (Å²) in [5, 5.41) is 10.1. The SMILES string of the molecule is C=CCc1cnc(-c2ccc(C(=O)O)c(-c3ccc(CC=C)cc3Cl)c2)nc1. The number of carbonyl (C=O) groups is 1. The Kier molecular flexibility index (Phi) is 6.02. The second-order valence-corrected chi connectivity index (χ2v) is 6.69. The molecule has 0 radical (unpaired) electrons. The molecular formula is C23H19ClN2O2. The van der Waals surface area contributed by atoms with Crippen molar-refractivity contribution >= 4 is 17.6 Å². The van der Waals surface area contributed by atoms with Gasteiger partial charge >= 0.3 is 5.97 Å². The van der Waals surface area contributed by atoms with E-state index in [1.54, 1.807) is 42.7 Å². The highest BCUT2D eigenvalue weighted by Crippen LogP contribution is 2.34. The number of rotatable bonds is 7. The van der Waals surface area contributed by atoms with Crippen LogP contribution in [-0.4, -0.2) is 21.0 Å². The number of nitrogens with zero attached hydrogens (tertiary/aromatic N) is 2. The summed E-state index contributed by atoms with van der Waals surface area (Å²) >= 11 is 6.46. The summed E-state index contributed by atoms with van der Waals surface area (Å²) < 4.78 is 0. The van der Waals surface area contributed by atoms with Crippen LogP contribution in [-0.2, 0) is 12.8 Å². The molecule has 2 aromatic carbocycles. The monoisotopic (exact) mass is 390 g/mol. The molecule has 0 saturated heterocycles. The van der Waals surface area contributed by atoms with E-state index < -0.39 is 5.97 Å². The molecule has 0 aliphatic rings. The maximum Gasteiger partial charge on any atom is 0.336 e. The van der Waals surface area contributed by atoms with Crippen molar-refractivity contribution in [1.82, 2.24) is 9.97 Å². The Morgan fingerprint density at radius 2 is 1.64 bits per heavy atom. The molecule has 1 heterocycles. The van der Waals surface area contributed by atoms with Crippen LogP contribution in [0.4, 0.5) is 0 Å². The molecule has 140 valence electrons. The van der Waals surface area contributed by atoms with Gasteiger partial charge in [-0.15, -0.1) is 13.2 Å². The average molecular weight is 391 g/mol. The number of aromatic carboxylic acids is 1. The first kappa shape index (κ1) is 19.5. The minimum absolute atomic E-state index is 0.172. The smallest absolute Gasteiger partial charge is 0.336 e. The van der Waals surface area contributed by atoms with Gasteiger partial charge in [-0.2, -0.15) is 0 Å². The first-order valence-corrected chi connectivity index (χ1v) is 9.10. The highest BCUT2D eigenvalue weighted by atomic mass is 35.5. The van der Waals surface area contributed by atoms with E-state index in [2.05, 4.69) is 23.1 Å². The molecule has 4 nitrogen and oxygen atoms in total. The van der Waals surface area contributed by atoms with Crippen molar-refractivity contribution in [2.24, 2.45) is 0 Å². The van der Waals surface area contributed by atoms with Crippen LogP contribution in [0.3, 0.4) is 0 Å². The largest absolute Gasteiger partial charge is 0.478 e. The maximum absolute atomic E-state index is 11.7. The van der Waals surface area contributed by atoms with Gasteiger partial charge in [-0.3, -0.25) is 0 Å². The van der Waals surface area contributed by atoms with Crippen molar-refractivity contribution in [2.75, 3.05) is 0 Å². The van der Waals surface area contributed by atoms with Gasteiger partial charge in [-0.1, -0.05) is 42.0 Å². The van der Waals surface area contributed by atoms with E-state index >= 15 is 0 Å². The fourth-order valence-electron chi connectivity index (χ4n) is 2.94. The average Bonchev–Trinajstić information content (AvgIpc) is 2.69. The number of carboxylic acid groups (broad SMARTS) is 1. The second kappa shape index (κ2) is 8.63. The molecule has 0 spiro atoms. The molecule has 3 aromatic rings. The lowest BCUT2D eigenvalue weighted by Crippen LogP contribution is -2.01. The number of halogens is 1. The minimum atomic E-state index is -1.02. The number of hydrogen-bond donors (Lipinski definition) is 1. The van der Waals surface area contributed by atoms with Crippen LogP contribution in [0.5, 0.6) is 0 Å². The quantitative estimate of drug-likeness (QED) is 0.532. The molecule has 0 bridgehead atoms. The van der Waals surface area contributed by atoms with Gasteiger partial charge in [0.25, 0.3) is 0 Å². The third kappa shape index (κ3) is 4.18. The minimum Gasteiger partial charge on any atom is -0.478 e. The summed E-state index contributed by atoms with van der Waals surface area (Å²) in [5.41, 5.74) is 4.04. The molecule has 28 heavy (non-hydrogen) atoms. The van der Waals surface area contributed by atoms with Crippen LogP contribution in [0, 0.1) is 0 Å². The molecule has 0 atom stereocenters. The number of benzene rings is 2. The van der Waals surface area contributed by atoms with E-state index in [0.29, 0.717) is 34.8 Å². The summed E-state index contributed by atoms with van der Waals surface area (Å²) in [5.74, 6) is -0.500. The summed E-state index contributed by atoms with van der Waals surface area (Å²) in [6.45, 7) is 7.43. The van der Waals surface area contributed by atoms with Crippen molar-refractivity contribution in [3.8, 4) is 22.5 Å². The number of carboxylic acids is 1. The van der Waals surface area contributed by atoms with Gasteiger partial charge in [0.15, 0.2) is 5.82 Å². The van der Waals surface area contributed by atoms with Crippen molar-refractivity contribution in [2.45, 2.75) is 12.8 Å². The van der Waals surface area contributed by atoms with Gasteiger partial charge < -0.3 is 5.11 Å². The molecule has 1 N–H and O–H groups in total. The molecule has 0 fully saturated rings. The summed E-state index contributed by atoms with van der Waals surface area (Å²) in [7, 11) is 0. The van der Waals surface area contributed by atoms with Gasteiger partial charge in [0.05, 0.1) is 5.56 Å². The number of allylic oxidation sites excluding steroid dienone is 2. The van der Waals surface area contributed by atoms with Crippen LogP contribution < -0.4 is 0 Å². The van der Waals surface area contributed by atoms with E-state index in [1.165, 1.54) is 0 Å². The molecule has 1 aromatic heterocycles. The van der Waals surface area contributed by atoms with Gasteiger partial charge in [0, 0.05) is 28.5 Å². The predicted molar refractivity (Wildman–Crippen MR) is 113 cm³/mol. The molecule has 3 rings (SSSR count). The number of aromatic nitrogens is 2. The third-order valence-corrected chi connectivity index (χ3v) is 4.61. The zero-order valence-electron chi connectivity index (χ0n) is 15.2. The zero-order valence-corrected chi connectivity index (χ0v) is 16.0. The molecule has 0 saturated carbocycles. The van der Waals surface area contributed by atoms with Crippen LogP contribution in [0.25, 0.3) is 22.5 Å². The highest BCUT2D eigenvalue weighted by Gasteiger charge is 2.16. The second-order valence-electron chi connectivity index (χ2n) is 6.28. The van der Waals surface area contributed by atoms with E-state index in [-0.39, 0.29) is 5.56 Å². The predicted octanol–water partition coefficient (Wildman–Crippen LogP) is 5.62. The Labute approximate surface area is 168 Å². The summed E-state index contributed by atoms with van der Waals surface area (Å²) in [6, 6.07) is 10.6. The van der Waals surface area contributed by atoms with Crippen LogP contribution in [0.15, 0.2) is 74.1 Å². The van der Waals surface area contributed by atoms with Crippen molar-refractivity contribution in [1.29, 1.82) is 0 Å². The van der Waals surface area contributed by atoms with Gasteiger partial charge in [-0.05, 0) is 47.7 Å². The molecule has 0 amide bonds.